The molecular formula is C22H22FeO2. The summed E-state index contributed by atoms with van der Waals surface area (Å²) in [6, 6.07) is 10.7. The zero-order valence-corrected chi connectivity index (χ0v) is 15.5. The van der Waals surface area contributed by atoms with Gasteiger partial charge in [0.2, 0.25) is 0 Å². The summed E-state index contributed by atoms with van der Waals surface area (Å²) in [4.78, 5) is 21.6. The van der Waals surface area contributed by atoms with Crippen molar-refractivity contribution in [1.82, 2.24) is 0 Å². The number of hydrogen-bond donors (Lipinski definition) is 0. The van der Waals surface area contributed by atoms with Gasteiger partial charge in [-0.25, -0.2) is 0 Å². The number of hydrogen-bond acceptors (Lipinski definition) is 2. The fourth-order valence-corrected chi connectivity index (χ4v) is 96.7. The average molecular weight is 374 g/mol. The molecule has 10 fully saturated rings. The summed E-state index contributed by atoms with van der Waals surface area (Å²) >= 11 is 0. The van der Waals surface area contributed by atoms with Crippen LogP contribution in [0, 0.1) is 0 Å². The molecule has 25 heavy (non-hydrogen) atoms. The molecule has 0 aliphatic carbocycles. The molecule has 1 spiro atoms. The Morgan fingerprint density at radius 2 is 1.68 bits per heavy atom. The summed E-state index contributed by atoms with van der Waals surface area (Å²) in [5.74, 6) is 0.653. The van der Waals surface area contributed by atoms with Gasteiger partial charge in [0.1, 0.15) is 0 Å². The number of benzene rings is 1. The minimum absolute atomic E-state index is 0.304. The van der Waals surface area contributed by atoms with Gasteiger partial charge in [0.05, 0.1) is 0 Å². The first-order chi connectivity index (χ1) is 11.9. The van der Waals surface area contributed by atoms with Crippen molar-refractivity contribution in [3.05, 3.63) is 42.0 Å². The molecule has 10 heterocycles. The zero-order chi connectivity index (χ0) is 16.3. The molecule has 130 valence electrons. The van der Waals surface area contributed by atoms with Crippen molar-refractivity contribution in [3.8, 4) is 0 Å². The normalized spacial score (nSPS) is 89.2. The van der Waals surface area contributed by atoms with Crippen LogP contribution >= 0.6 is 0 Å². The molecular weight excluding hydrogens is 352 g/mol. The van der Waals surface area contributed by atoms with Gasteiger partial charge >= 0.3 is 137 Å². The van der Waals surface area contributed by atoms with Crippen LogP contribution in [0.15, 0.2) is 36.4 Å². The van der Waals surface area contributed by atoms with Crippen LogP contribution in [0.4, 0.5) is 0 Å². The third kappa shape index (κ3) is 0.162. The summed E-state index contributed by atoms with van der Waals surface area (Å²) in [6.07, 6.45) is 5.00. The fourth-order valence-electron chi connectivity index (χ4n) is 19.6. The zero-order valence-electron chi connectivity index (χ0n) is 14.4. The second kappa shape index (κ2) is 1.20. The van der Waals surface area contributed by atoms with Crippen LogP contribution in [0.1, 0.15) is 12.5 Å². The molecule has 0 amide bonds. The van der Waals surface area contributed by atoms with Gasteiger partial charge < -0.3 is 0 Å². The third-order valence-electron chi connectivity index (χ3n) is 17.4. The molecule has 9 atom stereocenters. The summed E-state index contributed by atoms with van der Waals surface area (Å²) < 4.78 is 7.15. The van der Waals surface area contributed by atoms with Crippen LogP contribution in [-0.4, -0.2) is 19.0 Å². The number of Topliss-reactive ketones (excluding diaryl/α,β-unsaturated/α-hetero) is 1. The first-order valence-corrected chi connectivity index (χ1v) is 16.1. The SMILES string of the molecule is COC(C=Cc1ccccc1)[C]12[CH]3[CH]4[CH]5[CH]1[Fe]45321678[CH]2[CH]1[CH]6[C]7(C(C)=O)[CH]28. The third-order valence-corrected chi connectivity index (χ3v) is 60.5. The van der Waals surface area contributed by atoms with Crippen LogP contribution in [0.2, 0.25) is 47.2 Å². The van der Waals surface area contributed by atoms with Crippen molar-refractivity contribution in [1.29, 1.82) is 0 Å². The molecule has 9 unspecified atom stereocenters. The summed E-state index contributed by atoms with van der Waals surface area (Å²) in [5, 5.41) is 0. The van der Waals surface area contributed by atoms with Crippen LogP contribution in [0.25, 0.3) is 6.08 Å². The molecule has 0 aromatic heterocycles. The number of fused-ring (bicyclic) bond motifs is 10. The Bertz CT molecular complexity index is 1420. The fraction of sp³-hybridized carbons (Fsp3) is 0.591. The number of methoxy groups -OCH3 is 1. The molecule has 11 rings (SSSR count). The number of carbonyl (C=O) groups is 1. The van der Waals surface area contributed by atoms with Gasteiger partial charge in [-0.1, -0.05) is 0 Å². The summed E-state index contributed by atoms with van der Waals surface area (Å²) in [6.45, 7) is -1.67. The Balaban J connectivity index is 1.22. The predicted molar refractivity (Wildman–Crippen MR) is 92.3 cm³/mol. The van der Waals surface area contributed by atoms with Gasteiger partial charge in [0.25, 0.3) is 0 Å². The topological polar surface area (TPSA) is 26.3 Å². The molecule has 2 nitrogen and oxygen atoms in total. The Morgan fingerprint density at radius 3 is 2.12 bits per heavy atom. The number of ether oxygens (including phenoxy) is 1. The molecule has 0 saturated carbocycles. The van der Waals surface area contributed by atoms with Gasteiger partial charge in [0, 0.05) is 0 Å². The molecule has 0 radical (unpaired) electrons. The monoisotopic (exact) mass is 374 g/mol. The molecule has 1 aromatic carbocycles. The molecule has 0 N–H and O–H groups in total. The van der Waals surface area contributed by atoms with E-state index in [9.17, 15) is 4.79 Å². The van der Waals surface area contributed by atoms with Gasteiger partial charge in [-0.3, -0.25) is 0 Å². The van der Waals surface area contributed by atoms with Crippen molar-refractivity contribution in [2.45, 2.75) is 60.2 Å². The van der Waals surface area contributed by atoms with Crippen LogP contribution < -0.4 is 0 Å². The van der Waals surface area contributed by atoms with E-state index in [4.69, 9.17) is 4.74 Å². The maximum absolute atomic E-state index is 13.0. The molecule has 10 saturated heterocycles. The van der Waals surface area contributed by atoms with Gasteiger partial charge in [-0.15, -0.1) is 0 Å². The van der Waals surface area contributed by atoms with Crippen molar-refractivity contribution < 1.29 is 16.0 Å². The standard InChI is InChI=1S/C15H15O.C7H7O.Fe/c1-16-15(14-9-5-6-10-14)12-11-13-7-3-2-4-8-13;1-6(8)7-4-2-3-5-7;/h2-12,15H,1H3;2-5H,1H3;. The van der Waals surface area contributed by atoms with Crippen LogP contribution in [-0.2, 0) is 16.0 Å². The van der Waals surface area contributed by atoms with E-state index in [-0.39, 0.29) is 0 Å². The Labute approximate surface area is 137 Å². The minimum atomic E-state index is -3.66. The first kappa shape index (κ1) is 11.1. The number of rotatable bonds is 5. The van der Waals surface area contributed by atoms with E-state index in [0.29, 0.717) is 20.5 Å². The molecule has 10 aliphatic rings. The molecule has 3 heteroatoms. The van der Waals surface area contributed by atoms with Crippen LogP contribution in [0.3, 0.4) is 0 Å². The van der Waals surface area contributed by atoms with E-state index >= 15 is 0 Å². The van der Waals surface area contributed by atoms with E-state index in [1.807, 2.05) is 14.0 Å². The van der Waals surface area contributed by atoms with Gasteiger partial charge in [-0.05, 0) is 0 Å². The summed E-state index contributed by atoms with van der Waals surface area (Å²) in [7, 11) is 1.94. The van der Waals surface area contributed by atoms with E-state index in [2.05, 4.69) is 42.5 Å². The quantitative estimate of drug-likeness (QED) is 0.642. The Morgan fingerprint density at radius 1 is 1.08 bits per heavy atom. The first-order valence-electron chi connectivity index (χ1n) is 9.89. The van der Waals surface area contributed by atoms with Crippen molar-refractivity contribution in [2.24, 2.45) is 0 Å². The van der Waals surface area contributed by atoms with Gasteiger partial charge in [-0.2, -0.15) is 0 Å². The van der Waals surface area contributed by atoms with E-state index < -0.39 is 6.51 Å². The molecule has 10 aliphatic heterocycles. The summed E-state index contributed by atoms with van der Waals surface area (Å²) in [5.41, 5.74) is 1.28. The Hall–Kier alpha value is -0.891. The second-order valence-electron chi connectivity index (χ2n) is 12.8. The van der Waals surface area contributed by atoms with E-state index in [0.717, 1.165) is 38.5 Å². The van der Waals surface area contributed by atoms with Gasteiger partial charge in [0.15, 0.2) is 0 Å². The Kier molecular flexibility index (Phi) is 0.530. The van der Waals surface area contributed by atoms with E-state index in [1.54, 1.807) is 0 Å². The van der Waals surface area contributed by atoms with Crippen LogP contribution in [0.5, 0.6) is 0 Å². The van der Waals surface area contributed by atoms with Crippen molar-refractivity contribution in [3.63, 3.8) is 0 Å². The number of carbonyl (C=O) groups excluding carboxylic acids is 1. The van der Waals surface area contributed by atoms with E-state index in [1.165, 1.54) is 5.56 Å². The number of ketones is 1. The second-order valence-corrected chi connectivity index (χ2v) is 36.1. The van der Waals surface area contributed by atoms with Crippen molar-refractivity contribution in [2.75, 3.05) is 7.11 Å². The van der Waals surface area contributed by atoms with Crippen molar-refractivity contribution >= 4 is 11.9 Å². The predicted octanol–water partition coefficient (Wildman–Crippen LogP) is 5.43. The molecule has 0 bridgehead atoms. The average Bonchev–Trinajstić information content (AvgIpc) is 3.56. The molecule has 1 aromatic rings. The maximum atomic E-state index is 13.0.